The highest BCUT2D eigenvalue weighted by atomic mass is 79.9. The minimum atomic E-state index is -0.975. The third-order valence-electron chi connectivity index (χ3n) is 3.30. The molecule has 0 bridgehead atoms. The van der Waals surface area contributed by atoms with E-state index in [2.05, 4.69) is 15.9 Å². The molecule has 0 radical (unpaired) electrons. The van der Waals surface area contributed by atoms with E-state index >= 15 is 0 Å². The fraction of sp³-hybridized carbons (Fsp3) is 0.250. The number of amides is 1. The van der Waals surface area contributed by atoms with E-state index in [1.165, 1.54) is 0 Å². The summed E-state index contributed by atoms with van der Waals surface area (Å²) in [6.45, 7) is 0.380. The fourth-order valence-corrected chi connectivity index (χ4v) is 2.48. The number of aromatic carboxylic acids is 1. The number of hydrogen-bond donors (Lipinski definition) is 1. The molecule has 1 amide bonds. The molecule has 0 unspecified atom stereocenters. The van der Waals surface area contributed by atoms with Crippen LogP contribution in [0.3, 0.4) is 0 Å². The quantitative estimate of drug-likeness (QED) is 0.851. The van der Waals surface area contributed by atoms with Gasteiger partial charge in [-0.1, -0.05) is 18.2 Å². The summed E-state index contributed by atoms with van der Waals surface area (Å²) in [5.74, 6) is -0.349. The second kappa shape index (κ2) is 7.26. The van der Waals surface area contributed by atoms with E-state index in [4.69, 9.17) is 9.52 Å². The molecule has 1 aromatic heterocycles. The molecule has 2 aromatic rings. The van der Waals surface area contributed by atoms with Gasteiger partial charge in [0.15, 0.2) is 4.67 Å². The molecule has 5 nitrogen and oxygen atoms in total. The number of furan rings is 1. The van der Waals surface area contributed by atoms with Gasteiger partial charge < -0.3 is 14.4 Å². The van der Waals surface area contributed by atoms with Crippen LogP contribution >= 0.6 is 15.9 Å². The normalized spacial score (nSPS) is 10.5. The summed E-state index contributed by atoms with van der Waals surface area (Å²) in [6.07, 6.45) is 0.649. The molecule has 0 aliphatic carbocycles. The summed E-state index contributed by atoms with van der Waals surface area (Å²) < 4.78 is 5.99. The first-order valence-electron chi connectivity index (χ1n) is 6.76. The zero-order valence-corrected chi connectivity index (χ0v) is 13.7. The number of rotatable bonds is 6. The first-order chi connectivity index (χ1) is 10.5. The maximum Gasteiger partial charge on any atom is 0.335 e. The van der Waals surface area contributed by atoms with Crippen LogP contribution in [-0.2, 0) is 17.8 Å². The molecule has 0 spiro atoms. The Morgan fingerprint density at radius 1 is 1.23 bits per heavy atom. The van der Waals surface area contributed by atoms with Crippen molar-refractivity contribution in [3.8, 4) is 0 Å². The number of hydrogen-bond acceptors (Lipinski definition) is 3. The van der Waals surface area contributed by atoms with Crippen molar-refractivity contribution < 1.29 is 19.1 Å². The highest BCUT2D eigenvalue weighted by molar-refractivity contribution is 9.10. The minimum absolute atomic E-state index is 0.0623. The molecule has 1 heterocycles. The number of benzene rings is 1. The smallest absolute Gasteiger partial charge is 0.335 e. The lowest BCUT2D eigenvalue weighted by Gasteiger charge is -2.16. The van der Waals surface area contributed by atoms with Crippen molar-refractivity contribution in [1.82, 2.24) is 4.90 Å². The number of carboxylic acids is 1. The predicted molar refractivity (Wildman–Crippen MR) is 84.6 cm³/mol. The summed E-state index contributed by atoms with van der Waals surface area (Å²) in [4.78, 5) is 24.8. The average Bonchev–Trinajstić information content (AvgIpc) is 2.90. The van der Waals surface area contributed by atoms with Crippen molar-refractivity contribution in [2.45, 2.75) is 19.4 Å². The first kappa shape index (κ1) is 16.3. The average molecular weight is 366 g/mol. The van der Waals surface area contributed by atoms with Gasteiger partial charge in [-0.15, -0.1) is 0 Å². The van der Waals surface area contributed by atoms with E-state index in [0.29, 0.717) is 29.0 Å². The van der Waals surface area contributed by atoms with Gasteiger partial charge in [0.25, 0.3) is 0 Å². The standard InChI is InChI=1S/C16H16BrNO4/c1-18(10-12-7-8-14(17)22-12)15(19)9-6-11-4-2-3-5-13(11)16(20)21/h2-5,7-8H,6,9-10H2,1H3,(H,20,21). The van der Waals surface area contributed by atoms with Crippen LogP contribution in [0.4, 0.5) is 0 Å². The highest BCUT2D eigenvalue weighted by Gasteiger charge is 2.14. The molecular formula is C16H16BrNO4. The zero-order valence-electron chi connectivity index (χ0n) is 12.1. The Morgan fingerprint density at radius 3 is 2.59 bits per heavy atom. The van der Waals surface area contributed by atoms with Gasteiger partial charge in [0, 0.05) is 13.5 Å². The summed E-state index contributed by atoms with van der Waals surface area (Å²) in [7, 11) is 1.70. The van der Waals surface area contributed by atoms with Crippen LogP contribution in [0.25, 0.3) is 0 Å². The molecule has 0 saturated carbocycles. The van der Waals surface area contributed by atoms with Gasteiger partial charge in [0.2, 0.25) is 5.91 Å². The molecule has 1 N–H and O–H groups in total. The second-order valence-corrected chi connectivity index (χ2v) is 5.70. The van der Waals surface area contributed by atoms with Crippen LogP contribution in [0, 0.1) is 0 Å². The fourth-order valence-electron chi connectivity index (χ4n) is 2.14. The van der Waals surface area contributed by atoms with Crippen molar-refractivity contribution in [2.24, 2.45) is 0 Å². The maximum absolute atomic E-state index is 12.1. The third-order valence-corrected chi connectivity index (χ3v) is 3.73. The van der Waals surface area contributed by atoms with Crippen LogP contribution in [0.15, 0.2) is 45.5 Å². The van der Waals surface area contributed by atoms with Gasteiger partial charge in [-0.05, 0) is 46.1 Å². The molecule has 0 fully saturated rings. The number of carboxylic acid groups (broad SMARTS) is 1. The number of aryl methyl sites for hydroxylation is 1. The monoisotopic (exact) mass is 365 g/mol. The number of carbonyl (C=O) groups is 2. The van der Waals surface area contributed by atoms with Gasteiger partial charge in [0.1, 0.15) is 5.76 Å². The van der Waals surface area contributed by atoms with Gasteiger partial charge in [0.05, 0.1) is 12.1 Å². The molecule has 0 atom stereocenters. The van der Waals surface area contributed by atoms with Crippen molar-refractivity contribution >= 4 is 27.8 Å². The van der Waals surface area contributed by atoms with Crippen LogP contribution in [0.2, 0.25) is 0 Å². The molecule has 22 heavy (non-hydrogen) atoms. The number of nitrogens with zero attached hydrogens (tertiary/aromatic N) is 1. The van der Waals surface area contributed by atoms with E-state index in [0.717, 1.165) is 0 Å². The lowest BCUT2D eigenvalue weighted by molar-refractivity contribution is -0.130. The summed E-state index contributed by atoms with van der Waals surface area (Å²) in [5, 5.41) is 9.13. The molecule has 1 aromatic carbocycles. The van der Waals surface area contributed by atoms with Crippen LogP contribution in [-0.4, -0.2) is 28.9 Å². The topological polar surface area (TPSA) is 70.8 Å². The van der Waals surface area contributed by atoms with Gasteiger partial charge >= 0.3 is 5.97 Å². The van der Waals surface area contributed by atoms with Crippen molar-refractivity contribution in [3.05, 3.63) is 58.0 Å². The third kappa shape index (κ3) is 4.21. The SMILES string of the molecule is CN(Cc1ccc(Br)o1)C(=O)CCc1ccccc1C(=O)O. The Hall–Kier alpha value is -2.08. The van der Waals surface area contributed by atoms with Crippen molar-refractivity contribution in [2.75, 3.05) is 7.05 Å². The van der Waals surface area contributed by atoms with Crippen LogP contribution in [0.1, 0.15) is 28.1 Å². The number of halogens is 1. The van der Waals surface area contributed by atoms with E-state index in [9.17, 15) is 9.59 Å². The Kier molecular flexibility index (Phi) is 5.38. The zero-order chi connectivity index (χ0) is 16.1. The minimum Gasteiger partial charge on any atom is -0.478 e. The van der Waals surface area contributed by atoms with Crippen molar-refractivity contribution in [3.63, 3.8) is 0 Å². The van der Waals surface area contributed by atoms with Gasteiger partial charge in [-0.3, -0.25) is 4.79 Å². The molecule has 6 heteroatoms. The van der Waals surface area contributed by atoms with Gasteiger partial charge in [-0.2, -0.15) is 0 Å². The molecule has 116 valence electrons. The van der Waals surface area contributed by atoms with Crippen LogP contribution in [0.5, 0.6) is 0 Å². The van der Waals surface area contributed by atoms with Gasteiger partial charge in [-0.25, -0.2) is 4.79 Å². The molecule has 0 aliphatic heterocycles. The lowest BCUT2D eigenvalue weighted by Crippen LogP contribution is -2.26. The predicted octanol–water partition coefficient (Wildman–Crippen LogP) is 3.33. The summed E-state index contributed by atoms with van der Waals surface area (Å²) in [6, 6.07) is 10.3. The Balaban J connectivity index is 1.93. The van der Waals surface area contributed by atoms with E-state index in [1.54, 1.807) is 48.3 Å². The van der Waals surface area contributed by atoms with E-state index in [-0.39, 0.29) is 17.9 Å². The molecular weight excluding hydrogens is 350 g/mol. The number of carbonyl (C=O) groups excluding carboxylic acids is 1. The summed E-state index contributed by atoms with van der Waals surface area (Å²) >= 11 is 3.22. The Morgan fingerprint density at radius 2 is 1.95 bits per heavy atom. The maximum atomic E-state index is 12.1. The first-order valence-corrected chi connectivity index (χ1v) is 7.56. The lowest BCUT2D eigenvalue weighted by atomic mass is 10.0. The highest BCUT2D eigenvalue weighted by Crippen LogP contribution is 2.16. The summed E-state index contributed by atoms with van der Waals surface area (Å²) in [5.41, 5.74) is 0.908. The van der Waals surface area contributed by atoms with Crippen molar-refractivity contribution in [1.29, 1.82) is 0 Å². The largest absolute Gasteiger partial charge is 0.478 e. The molecule has 0 saturated heterocycles. The second-order valence-electron chi connectivity index (χ2n) is 4.92. The van der Waals surface area contributed by atoms with E-state index in [1.807, 2.05) is 0 Å². The van der Waals surface area contributed by atoms with Crippen LogP contribution < -0.4 is 0 Å². The van der Waals surface area contributed by atoms with E-state index < -0.39 is 5.97 Å². The Labute approximate surface area is 136 Å². The molecule has 0 aliphatic rings. The Bertz CT molecular complexity index is 680. The molecule has 2 rings (SSSR count).